The van der Waals surface area contributed by atoms with Gasteiger partial charge in [0.05, 0.1) is 0 Å². The van der Waals surface area contributed by atoms with E-state index in [1.165, 1.54) is 6.07 Å². The Hall–Kier alpha value is -1.88. The topological polar surface area (TPSA) is 49.9 Å². The average molecular weight is 263 g/mol. The van der Waals surface area contributed by atoms with Crippen molar-refractivity contribution in [1.29, 1.82) is 0 Å². The fourth-order valence-electron chi connectivity index (χ4n) is 1.81. The van der Waals surface area contributed by atoms with Gasteiger partial charge in [0.15, 0.2) is 0 Å². The van der Waals surface area contributed by atoms with Crippen molar-refractivity contribution in [3.8, 4) is 11.6 Å². The molecule has 2 N–H and O–H groups in total. The van der Waals surface area contributed by atoms with Crippen molar-refractivity contribution in [1.82, 2.24) is 15.5 Å². The Morgan fingerprint density at radius 3 is 2.63 bits per heavy atom. The Balaban J connectivity index is 2.39. The first-order chi connectivity index (χ1) is 9.01. The van der Waals surface area contributed by atoms with Crippen molar-refractivity contribution in [2.75, 3.05) is 7.05 Å². The number of ether oxygens (including phenoxy) is 1. The third-order valence-corrected chi connectivity index (χ3v) is 3.09. The highest BCUT2D eigenvalue weighted by Crippen LogP contribution is 2.31. The third-order valence-electron chi connectivity index (χ3n) is 3.09. The van der Waals surface area contributed by atoms with E-state index in [9.17, 15) is 4.39 Å². The molecule has 1 unspecified atom stereocenters. The molecule has 1 atom stereocenters. The van der Waals surface area contributed by atoms with Gasteiger partial charge in [-0.05, 0) is 45.5 Å². The first-order valence-electron chi connectivity index (χ1n) is 6.18. The maximum atomic E-state index is 13.7. The zero-order valence-electron chi connectivity index (χ0n) is 11.5. The fourth-order valence-corrected chi connectivity index (χ4v) is 1.81. The monoisotopic (exact) mass is 263 g/mol. The number of aromatic nitrogens is 2. The molecule has 0 aliphatic rings. The summed E-state index contributed by atoms with van der Waals surface area (Å²) in [6.45, 7) is 5.56. The van der Waals surface area contributed by atoms with Crippen LogP contribution >= 0.6 is 0 Å². The average Bonchev–Trinajstić information content (AvgIpc) is 2.78. The Bertz CT molecular complexity index is 580. The summed E-state index contributed by atoms with van der Waals surface area (Å²) in [6.07, 6.45) is 0. The van der Waals surface area contributed by atoms with E-state index in [-0.39, 0.29) is 11.9 Å². The molecular formula is C14H18FN3O. The van der Waals surface area contributed by atoms with Crippen molar-refractivity contribution in [2.45, 2.75) is 26.8 Å². The molecule has 0 amide bonds. The van der Waals surface area contributed by atoms with Crippen molar-refractivity contribution in [3.05, 3.63) is 40.8 Å². The van der Waals surface area contributed by atoms with Gasteiger partial charge < -0.3 is 10.1 Å². The number of hydrogen-bond donors (Lipinski definition) is 2. The first kappa shape index (κ1) is 13.5. The predicted molar refractivity (Wildman–Crippen MR) is 72.0 cm³/mol. The number of benzene rings is 1. The van der Waals surface area contributed by atoms with E-state index in [0.29, 0.717) is 17.2 Å². The van der Waals surface area contributed by atoms with Gasteiger partial charge in [0.1, 0.15) is 11.6 Å². The molecule has 0 saturated carbocycles. The van der Waals surface area contributed by atoms with Crippen molar-refractivity contribution < 1.29 is 9.13 Å². The molecule has 0 radical (unpaired) electrons. The van der Waals surface area contributed by atoms with Crippen LogP contribution in [0.1, 0.15) is 29.8 Å². The molecule has 0 bridgehead atoms. The van der Waals surface area contributed by atoms with Crippen LogP contribution in [0.15, 0.2) is 18.2 Å². The van der Waals surface area contributed by atoms with E-state index < -0.39 is 0 Å². The number of nitrogens with one attached hydrogen (secondary N) is 2. The lowest BCUT2D eigenvalue weighted by Crippen LogP contribution is -2.13. The van der Waals surface area contributed by atoms with Gasteiger partial charge in [-0.15, -0.1) is 5.10 Å². The summed E-state index contributed by atoms with van der Waals surface area (Å²) in [5, 5.41) is 9.93. The standard InChI is InChI=1S/C14H18FN3O/c1-8-5-13(19-14-6-9(2)17-18-14)11(7-12(8)15)10(3)16-4/h5-7,10,16H,1-4H3,(H,17,18). The zero-order chi connectivity index (χ0) is 14.0. The Morgan fingerprint density at radius 1 is 1.32 bits per heavy atom. The van der Waals surface area contributed by atoms with Crippen LogP contribution in [-0.2, 0) is 0 Å². The molecule has 4 nitrogen and oxygen atoms in total. The molecular weight excluding hydrogens is 245 g/mol. The summed E-state index contributed by atoms with van der Waals surface area (Å²) >= 11 is 0. The van der Waals surface area contributed by atoms with Crippen molar-refractivity contribution >= 4 is 0 Å². The minimum Gasteiger partial charge on any atom is -0.437 e. The van der Waals surface area contributed by atoms with Gasteiger partial charge in [0, 0.05) is 23.4 Å². The van der Waals surface area contributed by atoms with E-state index in [1.807, 2.05) is 20.9 Å². The molecule has 0 fully saturated rings. The van der Waals surface area contributed by atoms with Gasteiger partial charge in [0.25, 0.3) is 0 Å². The van der Waals surface area contributed by atoms with Crippen LogP contribution in [0.5, 0.6) is 11.6 Å². The molecule has 1 aromatic heterocycles. The van der Waals surface area contributed by atoms with Gasteiger partial charge in [-0.2, -0.15) is 0 Å². The van der Waals surface area contributed by atoms with Crippen molar-refractivity contribution in [3.63, 3.8) is 0 Å². The number of nitrogens with zero attached hydrogens (tertiary/aromatic N) is 1. The number of rotatable bonds is 4. The Kier molecular flexibility index (Phi) is 3.85. The number of aryl methyl sites for hydroxylation is 2. The van der Waals surface area contributed by atoms with Crippen LogP contribution in [0.25, 0.3) is 0 Å². The zero-order valence-corrected chi connectivity index (χ0v) is 11.5. The van der Waals surface area contributed by atoms with Gasteiger partial charge in [-0.1, -0.05) is 0 Å². The number of H-pyrrole nitrogens is 1. The maximum absolute atomic E-state index is 13.7. The van der Waals surface area contributed by atoms with E-state index in [1.54, 1.807) is 19.1 Å². The smallest absolute Gasteiger partial charge is 0.238 e. The number of aromatic amines is 1. The van der Waals surface area contributed by atoms with E-state index in [2.05, 4.69) is 15.5 Å². The second-order valence-corrected chi connectivity index (χ2v) is 4.64. The quantitative estimate of drug-likeness (QED) is 0.890. The Labute approximate surface area is 112 Å². The second-order valence-electron chi connectivity index (χ2n) is 4.64. The van der Waals surface area contributed by atoms with Crippen LogP contribution in [0, 0.1) is 19.7 Å². The van der Waals surface area contributed by atoms with Crippen LogP contribution in [0.4, 0.5) is 4.39 Å². The third kappa shape index (κ3) is 2.93. The summed E-state index contributed by atoms with van der Waals surface area (Å²) < 4.78 is 19.4. The minimum atomic E-state index is -0.234. The predicted octanol–water partition coefficient (Wildman–Crippen LogP) is 3.24. The van der Waals surface area contributed by atoms with Crippen LogP contribution in [-0.4, -0.2) is 17.2 Å². The summed E-state index contributed by atoms with van der Waals surface area (Å²) in [6, 6.07) is 4.99. The lowest BCUT2D eigenvalue weighted by molar-refractivity contribution is 0.444. The van der Waals surface area contributed by atoms with E-state index in [4.69, 9.17) is 4.74 Å². The lowest BCUT2D eigenvalue weighted by atomic mass is 10.0. The number of hydrogen-bond acceptors (Lipinski definition) is 3. The van der Waals surface area contributed by atoms with Crippen LogP contribution in [0.2, 0.25) is 0 Å². The van der Waals surface area contributed by atoms with Gasteiger partial charge in [-0.3, -0.25) is 5.10 Å². The molecule has 2 rings (SSSR count). The highest BCUT2D eigenvalue weighted by Gasteiger charge is 2.15. The molecule has 0 saturated heterocycles. The molecule has 0 aliphatic heterocycles. The van der Waals surface area contributed by atoms with Crippen molar-refractivity contribution in [2.24, 2.45) is 0 Å². The summed E-state index contributed by atoms with van der Waals surface area (Å²) in [4.78, 5) is 0. The summed E-state index contributed by atoms with van der Waals surface area (Å²) in [5.41, 5.74) is 2.23. The molecule has 2 aromatic rings. The normalized spacial score (nSPS) is 12.5. The first-order valence-corrected chi connectivity index (χ1v) is 6.18. The Morgan fingerprint density at radius 2 is 2.05 bits per heavy atom. The van der Waals surface area contributed by atoms with Crippen LogP contribution < -0.4 is 10.1 Å². The number of halogens is 1. The van der Waals surface area contributed by atoms with Crippen LogP contribution in [0.3, 0.4) is 0 Å². The molecule has 19 heavy (non-hydrogen) atoms. The molecule has 5 heteroatoms. The maximum Gasteiger partial charge on any atom is 0.238 e. The molecule has 0 spiro atoms. The lowest BCUT2D eigenvalue weighted by Gasteiger charge is -2.16. The summed E-state index contributed by atoms with van der Waals surface area (Å²) in [7, 11) is 1.82. The summed E-state index contributed by atoms with van der Waals surface area (Å²) in [5.74, 6) is 0.864. The SMILES string of the molecule is CNC(C)c1cc(F)c(C)cc1Oc1cc(C)[nH]n1. The highest BCUT2D eigenvalue weighted by molar-refractivity contribution is 5.42. The fraction of sp³-hybridized carbons (Fsp3) is 0.357. The van der Waals surface area contributed by atoms with Gasteiger partial charge in [-0.25, -0.2) is 4.39 Å². The molecule has 0 aliphatic carbocycles. The van der Waals surface area contributed by atoms with E-state index >= 15 is 0 Å². The molecule has 102 valence electrons. The highest BCUT2D eigenvalue weighted by atomic mass is 19.1. The molecule has 1 heterocycles. The largest absolute Gasteiger partial charge is 0.437 e. The van der Waals surface area contributed by atoms with E-state index in [0.717, 1.165) is 11.3 Å². The second kappa shape index (κ2) is 5.40. The van der Waals surface area contributed by atoms with Gasteiger partial charge in [0.2, 0.25) is 5.88 Å². The molecule has 1 aromatic carbocycles. The minimum absolute atomic E-state index is 0.00913. The van der Waals surface area contributed by atoms with Gasteiger partial charge >= 0.3 is 0 Å².